The lowest BCUT2D eigenvalue weighted by Crippen LogP contribution is -1.90. The Balaban J connectivity index is 0.000000753. The predicted octanol–water partition coefficient (Wildman–Crippen LogP) is 6.88. The predicted molar refractivity (Wildman–Crippen MR) is 107 cm³/mol. The Morgan fingerprint density at radius 1 is 0.826 bits per heavy atom. The van der Waals surface area contributed by atoms with Gasteiger partial charge in [-0.3, -0.25) is 0 Å². The van der Waals surface area contributed by atoms with Crippen molar-refractivity contribution in [1.29, 1.82) is 0 Å². The van der Waals surface area contributed by atoms with Crippen molar-refractivity contribution in [3.8, 4) is 11.4 Å². The minimum atomic E-state index is 1.10. The van der Waals surface area contributed by atoms with Gasteiger partial charge in [-0.2, -0.15) is 0 Å². The number of benzene rings is 2. The van der Waals surface area contributed by atoms with Gasteiger partial charge in [0, 0.05) is 37.8 Å². The molecule has 2 aromatic carbocycles. The molecule has 118 valence electrons. The molecule has 2 nitrogen and oxygen atoms in total. The highest BCUT2D eigenvalue weighted by Crippen LogP contribution is 2.31. The van der Waals surface area contributed by atoms with Gasteiger partial charge in [0.2, 0.25) is 0 Å². The number of aromatic amines is 1. The van der Waals surface area contributed by atoms with Crippen molar-refractivity contribution in [3.05, 3.63) is 57.5 Å². The Labute approximate surface area is 152 Å². The largest absolute Gasteiger partial charge is 0.353 e. The monoisotopic (exact) mass is 432 g/mol. The summed E-state index contributed by atoms with van der Waals surface area (Å²) in [5, 5.41) is 2.46. The number of aryl methyl sites for hydroxylation is 1. The van der Waals surface area contributed by atoms with Crippen LogP contribution in [-0.2, 0) is 7.05 Å². The quantitative estimate of drug-likeness (QED) is 0.337. The summed E-state index contributed by atoms with van der Waals surface area (Å²) in [5.41, 5.74) is 4.70. The van der Waals surface area contributed by atoms with E-state index < -0.39 is 0 Å². The summed E-state index contributed by atoms with van der Waals surface area (Å²) in [7, 11) is 2.10. The number of fused-ring (bicyclic) bond motifs is 2. The van der Waals surface area contributed by atoms with Crippen LogP contribution in [-0.4, -0.2) is 9.55 Å². The molecule has 0 unspecified atom stereocenters. The van der Waals surface area contributed by atoms with Crippen LogP contribution < -0.4 is 0 Å². The molecule has 23 heavy (non-hydrogen) atoms. The van der Waals surface area contributed by atoms with Crippen molar-refractivity contribution in [3.63, 3.8) is 0 Å². The summed E-state index contributed by atoms with van der Waals surface area (Å²) >= 11 is 7.07. The van der Waals surface area contributed by atoms with E-state index >= 15 is 0 Å². The second kappa shape index (κ2) is 6.54. The van der Waals surface area contributed by atoms with Crippen molar-refractivity contribution < 1.29 is 0 Å². The lowest BCUT2D eigenvalue weighted by atomic mass is 10.2. The fraction of sp³-hybridized carbons (Fsp3) is 0.158. The molecule has 0 fully saturated rings. The van der Waals surface area contributed by atoms with Crippen molar-refractivity contribution in [2.24, 2.45) is 7.05 Å². The molecule has 0 amide bonds. The number of aromatic nitrogens is 2. The zero-order valence-electron chi connectivity index (χ0n) is 13.3. The number of hydrogen-bond donors (Lipinski definition) is 1. The van der Waals surface area contributed by atoms with Gasteiger partial charge < -0.3 is 9.55 Å². The van der Waals surface area contributed by atoms with Crippen LogP contribution in [0.4, 0.5) is 0 Å². The highest BCUT2D eigenvalue weighted by atomic mass is 79.9. The van der Waals surface area contributed by atoms with Crippen LogP contribution in [0.2, 0.25) is 0 Å². The van der Waals surface area contributed by atoms with E-state index in [1.165, 1.54) is 22.0 Å². The van der Waals surface area contributed by atoms with Gasteiger partial charge in [0.1, 0.15) is 0 Å². The fourth-order valence-corrected chi connectivity index (χ4v) is 3.53. The number of rotatable bonds is 1. The molecule has 0 atom stereocenters. The molecule has 1 N–H and O–H groups in total. The topological polar surface area (TPSA) is 20.7 Å². The second-order valence-electron chi connectivity index (χ2n) is 5.21. The van der Waals surface area contributed by atoms with Gasteiger partial charge in [0.05, 0.1) is 11.4 Å². The number of nitrogens with one attached hydrogen (secondary N) is 1. The third-order valence-corrected chi connectivity index (χ3v) is 4.85. The smallest absolute Gasteiger partial charge is 0.0654 e. The van der Waals surface area contributed by atoms with Crippen molar-refractivity contribution in [2.75, 3.05) is 0 Å². The van der Waals surface area contributed by atoms with Gasteiger partial charge in [0.15, 0.2) is 0 Å². The van der Waals surface area contributed by atoms with Crippen LogP contribution in [0.15, 0.2) is 57.5 Å². The van der Waals surface area contributed by atoms with E-state index in [2.05, 4.69) is 97.0 Å². The SMILES string of the molecule is CC.Cn1c(-c2cc3cc(Br)ccc3[nH]2)cc2ccc(Br)cc21. The average Bonchev–Trinajstić information content (AvgIpc) is 3.10. The molecule has 4 rings (SSSR count). The van der Waals surface area contributed by atoms with E-state index in [-0.39, 0.29) is 0 Å². The molecule has 0 spiro atoms. The van der Waals surface area contributed by atoms with Crippen LogP contribution in [0.1, 0.15) is 13.8 Å². The molecular formula is C19H18Br2N2. The number of nitrogens with zero attached hydrogens (tertiary/aromatic N) is 1. The normalized spacial score (nSPS) is 10.8. The Bertz CT molecular complexity index is 980. The zero-order valence-corrected chi connectivity index (χ0v) is 16.5. The summed E-state index contributed by atoms with van der Waals surface area (Å²) in [4.78, 5) is 3.50. The lowest BCUT2D eigenvalue weighted by molar-refractivity contribution is 0.973. The lowest BCUT2D eigenvalue weighted by Gasteiger charge is -2.02. The van der Waals surface area contributed by atoms with Gasteiger partial charge in [-0.1, -0.05) is 51.8 Å². The van der Waals surface area contributed by atoms with Crippen LogP contribution in [0.5, 0.6) is 0 Å². The van der Waals surface area contributed by atoms with Gasteiger partial charge in [-0.25, -0.2) is 0 Å². The number of halogens is 2. The van der Waals surface area contributed by atoms with E-state index in [0.29, 0.717) is 0 Å². The number of hydrogen-bond acceptors (Lipinski definition) is 0. The minimum Gasteiger partial charge on any atom is -0.353 e. The molecule has 0 aliphatic rings. The molecule has 0 saturated carbocycles. The maximum absolute atomic E-state index is 3.54. The Morgan fingerprint density at radius 2 is 1.52 bits per heavy atom. The maximum Gasteiger partial charge on any atom is 0.0654 e. The van der Waals surface area contributed by atoms with Crippen molar-refractivity contribution in [1.82, 2.24) is 9.55 Å². The van der Waals surface area contributed by atoms with E-state index in [1.54, 1.807) is 0 Å². The van der Waals surface area contributed by atoms with Crippen LogP contribution in [0, 0.1) is 0 Å². The van der Waals surface area contributed by atoms with E-state index in [0.717, 1.165) is 20.2 Å². The van der Waals surface area contributed by atoms with Crippen LogP contribution in [0.3, 0.4) is 0 Å². The Morgan fingerprint density at radius 3 is 2.30 bits per heavy atom. The summed E-state index contributed by atoms with van der Waals surface area (Å²) in [6.45, 7) is 4.00. The molecule has 2 aromatic heterocycles. The average molecular weight is 434 g/mol. The third-order valence-electron chi connectivity index (χ3n) is 3.87. The van der Waals surface area contributed by atoms with Crippen LogP contribution >= 0.6 is 31.9 Å². The second-order valence-corrected chi connectivity index (χ2v) is 7.04. The highest BCUT2D eigenvalue weighted by Gasteiger charge is 2.10. The maximum atomic E-state index is 3.54. The molecule has 4 heteroatoms. The van der Waals surface area contributed by atoms with E-state index in [1.807, 2.05) is 13.8 Å². The van der Waals surface area contributed by atoms with Crippen molar-refractivity contribution >= 4 is 53.7 Å². The molecule has 0 saturated heterocycles. The van der Waals surface area contributed by atoms with Crippen LogP contribution in [0.25, 0.3) is 33.2 Å². The van der Waals surface area contributed by atoms with Gasteiger partial charge in [-0.05, 0) is 42.5 Å². The summed E-state index contributed by atoms with van der Waals surface area (Å²) in [6, 6.07) is 17.1. The van der Waals surface area contributed by atoms with E-state index in [9.17, 15) is 0 Å². The first-order chi connectivity index (χ1) is 11.1. The zero-order chi connectivity index (χ0) is 16.6. The Hall–Kier alpha value is -1.52. The molecule has 2 heterocycles. The molecule has 4 aromatic rings. The minimum absolute atomic E-state index is 1.10. The summed E-state index contributed by atoms with van der Waals surface area (Å²) in [5.74, 6) is 0. The standard InChI is InChI=1S/C17H12Br2N2.C2H6/c1-21-16-9-13(19)3-2-10(16)8-17(21)15-7-11-6-12(18)4-5-14(11)20-15;1-2/h2-9,20H,1H3;1-2H3. The fourth-order valence-electron chi connectivity index (χ4n) is 2.80. The molecule has 0 aliphatic heterocycles. The van der Waals surface area contributed by atoms with E-state index in [4.69, 9.17) is 0 Å². The molecule has 0 bridgehead atoms. The van der Waals surface area contributed by atoms with Crippen molar-refractivity contribution in [2.45, 2.75) is 13.8 Å². The first-order valence-electron chi connectivity index (χ1n) is 7.65. The summed E-state index contributed by atoms with van der Waals surface area (Å²) < 4.78 is 4.42. The molecule has 0 radical (unpaired) electrons. The first-order valence-corrected chi connectivity index (χ1v) is 9.24. The third kappa shape index (κ3) is 2.98. The van der Waals surface area contributed by atoms with Gasteiger partial charge in [0.25, 0.3) is 0 Å². The first kappa shape index (κ1) is 16.3. The molecular weight excluding hydrogens is 416 g/mol. The summed E-state index contributed by atoms with van der Waals surface area (Å²) in [6.07, 6.45) is 0. The van der Waals surface area contributed by atoms with Gasteiger partial charge in [-0.15, -0.1) is 0 Å². The Kier molecular flexibility index (Phi) is 4.64. The molecule has 0 aliphatic carbocycles. The highest BCUT2D eigenvalue weighted by molar-refractivity contribution is 9.10. The number of H-pyrrole nitrogens is 1. The van der Waals surface area contributed by atoms with Gasteiger partial charge >= 0.3 is 0 Å².